The molecule has 0 fully saturated rings. The molecule has 162 valence electrons. The highest BCUT2D eigenvalue weighted by molar-refractivity contribution is 7.89. The number of hydrazine groups is 1. The zero-order chi connectivity index (χ0) is 22.3. The van der Waals surface area contributed by atoms with Crippen LogP contribution in [0, 0.1) is 0 Å². The normalized spacial score (nSPS) is 16.2. The first-order valence-electron chi connectivity index (χ1n) is 8.34. The molecule has 0 amide bonds. The monoisotopic (exact) mass is 486 g/mol. The first-order chi connectivity index (χ1) is 13.8. The minimum atomic E-state index is -5.79. The van der Waals surface area contributed by atoms with Gasteiger partial charge in [0.05, 0.1) is 20.6 Å². The third kappa shape index (κ3) is 4.27. The van der Waals surface area contributed by atoms with Crippen LogP contribution < -0.4 is 5.43 Å². The van der Waals surface area contributed by atoms with Crippen LogP contribution >= 0.6 is 23.2 Å². The van der Waals surface area contributed by atoms with E-state index >= 15 is 0 Å². The lowest BCUT2D eigenvalue weighted by molar-refractivity contribution is -0.289. The summed E-state index contributed by atoms with van der Waals surface area (Å²) >= 11 is 11.9. The Kier molecular flexibility index (Phi) is 6.07. The SMILES string of the molecule is O=S(=O)(c1ccc(C(F)(F)C(F)(F)F)cc1)N1CCC=C(c2ccc(Cl)c(Cl)c2)N1. The number of rotatable bonds is 4. The first-order valence-corrected chi connectivity index (χ1v) is 10.5. The van der Waals surface area contributed by atoms with Gasteiger partial charge in [0.25, 0.3) is 10.0 Å². The second-order valence-corrected chi connectivity index (χ2v) is 9.00. The second-order valence-electron chi connectivity index (χ2n) is 6.32. The molecule has 0 radical (unpaired) electrons. The van der Waals surface area contributed by atoms with Crippen molar-refractivity contribution in [3.05, 3.63) is 69.7 Å². The summed E-state index contributed by atoms with van der Waals surface area (Å²) in [5.41, 5.74) is 2.33. The lowest BCUT2D eigenvalue weighted by atomic mass is 10.1. The topological polar surface area (TPSA) is 49.4 Å². The number of nitrogens with zero attached hydrogens (tertiary/aromatic N) is 1. The number of benzene rings is 2. The fraction of sp³-hybridized carbons (Fsp3) is 0.222. The minimum absolute atomic E-state index is 0.0214. The summed E-state index contributed by atoms with van der Waals surface area (Å²) in [6.45, 7) is 0.0214. The number of alkyl halides is 5. The lowest BCUT2D eigenvalue weighted by Gasteiger charge is -2.29. The zero-order valence-corrected chi connectivity index (χ0v) is 17.2. The van der Waals surface area contributed by atoms with E-state index in [0.29, 0.717) is 47.0 Å². The molecule has 0 spiro atoms. The maximum Gasteiger partial charge on any atom is 0.458 e. The molecule has 2 aromatic carbocycles. The predicted octanol–water partition coefficient (Wildman–Crippen LogP) is 5.59. The van der Waals surface area contributed by atoms with E-state index in [0.717, 1.165) is 4.41 Å². The van der Waals surface area contributed by atoms with Crippen molar-refractivity contribution in [1.82, 2.24) is 9.84 Å². The van der Waals surface area contributed by atoms with Gasteiger partial charge in [-0.1, -0.05) is 47.5 Å². The summed E-state index contributed by atoms with van der Waals surface area (Å²) in [7, 11) is -4.22. The Bertz CT molecular complexity index is 1090. The minimum Gasteiger partial charge on any atom is -0.305 e. The molecule has 1 aliphatic heterocycles. The van der Waals surface area contributed by atoms with Gasteiger partial charge >= 0.3 is 12.1 Å². The summed E-state index contributed by atoms with van der Waals surface area (Å²) in [6.07, 6.45) is -3.73. The molecule has 3 rings (SSSR count). The summed E-state index contributed by atoms with van der Waals surface area (Å²) in [6, 6.07) is 7.01. The van der Waals surface area contributed by atoms with Gasteiger partial charge in [-0.05, 0) is 30.7 Å². The molecule has 1 N–H and O–H groups in total. The number of nitrogens with one attached hydrogen (secondary N) is 1. The van der Waals surface area contributed by atoms with Gasteiger partial charge in [0.1, 0.15) is 0 Å². The Balaban J connectivity index is 1.85. The quantitative estimate of drug-likeness (QED) is 0.573. The average molecular weight is 487 g/mol. The number of hydrogen-bond donors (Lipinski definition) is 1. The maximum absolute atomic E-state index is 13.4. The van der Waals surface area contributed by atoms with Gasteiger partial charge in [-0.15, -0.1) is 4.41 Å². The van der Waals surface area contributed by atoms with E-state index in [2.05, 4.69) is 5.43 Å². The van der Waals surface area contributed by atoms with E-state index < -0.39 is 32.6 Å². The van der Waals surface area contributed by atoms with Crippen LogP contribution in [0.4, 0.5) is 22.0 Å². The van der Waals surface area contributed by atoms with E-state index in [-0.39, 0.29) is 11.6 Å². The van der Waals surface area contributed by atoms with E-state index in [1.807, 2.05) is 0 Å². The Hall–Kier alpha value is -1.88. The van der Waals surface area contributed by atoms with Crippen LogP contribution in [0.1, 0.15) is 17.5 Å². The molecule has 0 aliphatic carbocycles. The maximum atomic E-state index is 13.4. The van der Waals surface area contributed by atoms with Crippen molar-refractivity contribution in [2.24, 2.45) is 0 Å². The fourth-order valence-corrected chi connectivity index (χ4v) is 4.31. The lowest BCUT2D eigenvalue weighted by Crippen LogP contribution is -2.44. The van der Waals surface area contributed by atoms with Gasteiger partial charge in [0.2, 0.25) is 0 Å². The Morgan fingerprint density at radius 2 is 1.57 bits per heavy atom. The molecule has 0 saturated carbocycles. The van der Waals surface area contributed by atoms with E-state index in [1.54, 1.807) is 12.1 Å². The van der Waals surface area contributed by atoms with Crippen LogP contribution in [-0.2, 0) is 15.9 Å². The van der Waals surface area contributed by atoms with Gasteiger partial charge < -0.3 is 5.43 Å². The van der Waals surface area contributed by atoms with Gasteiger partial charge in [-0.25, -0.2) is 8.42 Å². The summed E-state index contributed by atoms with van der Waals surface area (Å²) < 4.78 is 90.8. The van der Waals surface area contributed by atoms with Crippen LogP contribution in [-0.4, -0.2) is 25.6 Å². The van der Waals surface area contributed by atoms with Crippen LogP contribution in [0.25, 0.3) is 5.70 Å². The van der Waals surface area contributed by atoms with Crippen LogP contribution in [0.15, 0.2) is 53.4 Å². The summed E-state index contributed by atoms with van der Waals surface area (Å²) in [4.78, 5) is -0.438. The predicted molar refractivity (Wildman–Crippen MR) is 102 cm³/mol. The Morgan fingerprint density at radius 3 is 2.13 bits per heavy atom. The molecular weight excluding hydrogens is 474 g/mol. The Morgan fingerprint density at radius 1 is 0.933 bits per heavy atom. The van der Waals surface area contributed by atoms with Crippen molar-refractivity contribution in [3.63, 3.8) is 0 Å². The molecule has 0 saturated heterocycles. The molecule has 1 aliphatic rings. The van der Waals surface area contributed by atoms with Gasteiger partial charge in [-0.3, -0.25) is 0 Å². The van der Waals surface area contributed by atoms with Crippen molar-refractivity contribution < 1.29 is 30.4 Å². The van der Waals surface area contributed by atoms with Crippen molar-refractivity contribution in [2.45, 2.75) is 23.4 Å². The average Bonchev–Trinajstić information content (AvgIpc) is 2.69. The molecule has 12 heteroatoms. The second kappa shape index (κ2) is 7.99. The molecule has 2 aromatic rings. The zero-order valence-electron chi connectivity index (χ0n) is 14.9. The van der Waals surface area contributed by atoms with Crippen molar-refractivity contribution in [3.8, 4) is 0 Å². The van der Waals surface area contributed by atoms with Crippen LogP contribution in [0.2, 0.25) is 10.0 Å². The van der Waals surface area contributed by atoms with E-state index in [9.17, 15) is 30.4 Å². The molecule has 0 bridgehead atoms. The number of sulfonamides is 1. The van der Waals surface area contributed by atoms with Crippen LogP contribution in [0.3, 0.4) is 0 Å². The highest BCUT2D eigenvalue weighted by atomic mass is 35.5. The van der Waals surface area contributed by atoms with Gasteiger partial charge in [-0.2, -0.15) is 22.0 Å². The van der Waals surface area contributed by atoms with Crippen molar-refractivity contribution >= 4 is 38.9 Å². The molecule has 1 heterocycles. The number of halogens is 7. The largest absolute Gasteiger partial charge is 0.458 e. The smallest absolute Gasteiger partial charge is 0.305 e. The molecule has 0 unspecified atom stereocenters. The summed E-state index contributed by atoms with van der Waals surface area (Å²) in [5.74, 6) is -5.09. The van der Waals surface area contributed by atoms with Crippen molar-refractivity contribution in [2.75, 3.05) is 6.54 Å². The third-order valence-electron chi connectivity index (χ3n) is 4.32. The fourth-order valence-electron chi connectivity index (χ4n) is 2.72. The number of hydrogen-bond acceptors (Lipinski definition) is 3. The molecule has 0 aromatic heterocycles. The highest BCUT2D eigenvalue weighted by Crippen LogP contribution is 2.44. The third-order valence-corrected chi connectivity index (χ3v) is 6.78. The van der Waals surface area contributed by atoms with Gasteiger partial charge in [0, 0.05) is 17.7 Å². The molecule has 0 atom stereocenters. The molecule has 30 heavy (non-hydrogen) atoms. The summed E-state index contributed by atoms with van der Waals surface area (Å²) in [5, 5.41) is 0.579. The molecule has 4 nitrogen and oxygen atoms in total. The standard InChI is InChI=1S/C18H13Cl2F5N2O2S/c19-14-8-3-11(10-15(14)20)16-2-1-9-27(26-16)30(28,29)13-6-4-12(5-7-13)17(21,22)18(23,24)25/h2-8,10,26H,1,9H2. The first kappa shape index (κ1) is 22.8. The Labute approximate surface area is 178 Å². The van der Waals surface area contributed by atoms with Crippen molar-refractivity contribution in [1.29, 1.82) is 0 Å². The highest BCUT2D eigenvalue weighted by Gasteiger charge is 2.58. The molecular formula is C18H13Cl2F5N2O2S. The van der Waals surface area contributed by atoms with Gasteiger partial charge in [0.15, 0.2) is 0 Å². The van der Waals surface area contributed by atoms with E-state index in [4.69, 9.17) is 23.2 Å². The van der Waals surface area contributed by atoms with Crippen LogP contribution in [0.5, 0.6) is 0 Å². The van der Waals surface area contributed by atoms with E-state index in [1.165, 1.54) is 12.1 Å².